The van der Waals surface area contributed by atoms with Gasteiger partial charge in [-0.05, 0) is 75.1 Å². The van der Waals surface area contributed by atoms with Crippen LogP contribution in [0.15, 0.2) is 42.5 Å². The number of primary amides is 1. The zero-order valence-corrected chi connectivity index (χ0v) is 26.3. The molecular weight excluding hydrogens is 607 g/mol. The van der Waals surface area contributed by atoms with Crippen LogP contribution in [0.2, 0.25) is 0 Å². The van der Waals surface area contributed by atoms with Crippen molar-refractivity contribution in [2.45, 2.75) is 59.2 Å². The Morgan fingerprint density at radius 2 is 1.72 bits per heavy atom. The summed E-state index contributed by atoms with van der Waals surface area (Å²) in [6.07, 6.45) is -5.17. The Morgan fingerprint density at radius 1 is 1.02 bits per heavy atom. The second kappa shape index (κ2) is 13.4. The van der Waals surface area contributed by atoms with Crippen molar-refractivity contribution >= 4 is 29.2 Å². The Hall–Kier alpha value is -4.59. The minimum Gasteiger partial charge on any atom is -0.491 e. The number of amides is 2. The molecule has 0 spiro atoms. The normalized spacial score (nSPS) is 14.4. The van der Waals surface area contributed by atoms with E-state index in [9.17, 15) is 27.6 Å². The maximum Gasteiger partial charge on any atom is 0.435 e. The smallest absolute Gasteiger partial charge is 0.435 e. The molecule has 248 valence electrons. The van der Waals surface area contributed by atoms with Gasteiger partial charge in [0.05, 0.1) is 41.4 Å². The molecule has 1 aromatic heterocycles. The number of nitrogens with two attached hydrogens (primary N) is 1. The maximum atomic E-state index is 13.9. The molecule has 2 aromatic carbocycles. The number of nitrogens with one attached hydrogen (secondary N) is 2. The van der Waals surface area contributed by atoms with Crippen LogP contribution >= 0.6 is 0 Å². The van der Waals surface area contributed by atoms with E-state index in [4.69, 9.17) is 19.9 Å². The van der Waals surface area contributed by atoms with Gasteiger partial charge in [-0.1, -0.05) is 13.8 Å². The van der Waals surface area contributed by atoms with Gasteiger partial charge in [-0.3, -0.25) is 9.59 Å². The lowest BCUT2D eigenvalue weighted by atomic mass is 9.75. The average Bonchev–Trinajstić information content (AvgIpc) is 3.31. The molecule has 14 heteroatoms. The molecule has 0 fully saturated rings. The highest BCUT2D eigenvalue weighted by Gasteiger charge is 2.45. The van der Waals surface area contributed by atoms with Gasteiger partial charge in [0, 0.05) is 18.7 Å². The average molecular weight is 646 g/mol. The molecule has 0 radical (unpaired) electrons. The van der Waals surface area contributed by atoms with Crippen molar-refractivity contribution < 1.29 is 41.8 Å². The summed E-state index contributed by atoms with van der Waals surface area (Å²) < 4.78 is 59.2. The number of Topliss-reactive ketones (excluding diaryl/α,β-unsaturated/α-hetero) is 1. The van der Waals surface area contributed by atoms with Gasteiger partial charge in [-0.25, -0.2) is 9.48 Å². The van der Waals surface area contributed by atoms with Gasteiger partial charge >= 0.3 is 12.3 Å². The first-order valence-electron chi connectivity index (χ1n) is 14.6. The van der Waals surface area contributed by atoms with E-state index in [-0.39, 0.29) is 61.8 Å². The molecule has 4 rings (SSSR count). The van der Waals surface area contributed by atoms with Gasteiger partial charge in [0.15, 0.2) is 11.5 Å². The van der Waals surface area contributed by atoms with E-state index in [1.165, 1.54) is 18.2 Å². The van der Waals surface area contributed by atoms with E-state index in [0.717, 1.165) is 4.68 Å². The number of ketones is 1. The predicted octanol–water partition coefficient (Wildman–Crippen LogP) is 5.81. The largest absolute Gasteiger partial charge is 0.491 e. The molecule has 0 atom stereocenters. The molecule has 1 heterocycles. The van der Waals surface area contributed by atoms with Crippen LogP contribution in [0.1, 0.15) is 73.1 Å². The number of fused-ring (bicyclic) bond motifs is 1. The number of hydrogen-bond acceptors (Lipinski definition) is 8. The third-order valence-electron chi connectivity index (χ3n) is 6.87. The number of anilines is 2. The van der Waals surface area contributed by atoms with Crippen LogP contribution in [0.5, 0.6) is 5.75 Å². The molecular formula is C32H38F3N5O6. The Morgan fingerprint density at radius 3 is 2.35 bits per heavy atom. The van der Waals surface area contributed by atoms with Crippen molar-refractivity contribution in [3.05, 3.63) is 65.0 Å². The van der Waals surface area contributed by atoms with E-state index >= 15 is 0 Å². The SMILES string of the molecule is CC1(C)CC(=O)c2c(C(F)(F)F)nn(-c3ccc(C(N)=O)c(Nc4ccc(OCCOCCNC(=O)OC(C)(C)C)cc4)c3)c2C1. The van der Waals surface area contributed by atoms with Crippen molar-refractivity contribution in [3.63, 3.8) is 0 Å². The highest BCUT2D eigenvalue weighted by atomic mass is 19.4. The number of alkyl carbamates (subject to hydrolysis) is 1. The van der Waals surface area contributed by atoms with Crippen molar-refractivity contribution in [3.8, 4) is 11.4 Å². The number of aromatic nitrogens is 2. The Kier molecular flexibility index (Phi) is 10.00. The molecule has 0 saturated heterocycles. The number of rotatable bonds is 11. The van der Waals surface area contributed by atoms with E-state index in [1.807, 2.05) is 13.8 Å². The maximum absolute atomic E-state index is 13.9. The molecule has 0 saturated carbocycles. The van der Waals surface area contributed by atoms with Crippen LogP contribution in [0.4, 0.5) is 29.3 Å². The number of carbonyl (C=O) groups excluding carboxylic acids is 3. The minimum absolute atomic E-state index is 0.0255. The molecule has 2 amide bonds. The lowest BCUT2D eigenvalue weighted by Gasteiger charge is -2.29. The summed E-state index contributed by atoms with van der Waals surface area (Å²) in [5.74, 6) is -0.814. The van der Waals surface area contributed by atoms with Crippen LogP contribution in [0.3, 0.4) is 0 Å². The fourth-order valence-electron chi connectivity index (χ4n) is 4.99. The third kappa shape index (κ3) is 8.77. The molecule has 3 aromatic rings. The number of nitrogens with zero attached hydrogens (tertiary/aromatic N) is 2. The second-order valence-corrected chi connectivity index (χ2v) is 12.7. The fraction of sp³-hybridized carbons (Fsp3) is 0.438. The van der Waals surface area contributed by atoms with E-state index in [2.05, 4.69) is 15.7 Å². The quantitative estimate of drug-likeness (QED) is 0.222. The zero-order valence-electron chi connectivity index (χ0n) is 26.3. The monoisotopic (exact) mass is 645 g/mol. The number of benzene rings is 2. The van der Waals surface area contributed by atoms with Crippen LogP contribution in [0.25, 0.3) is 5.69 Å². The lowest BCUT2D eigenvalue weighted by molar-refractivity contribution is -0.141. The lowest BCUT2D eigenvalue weighted by Crippen LogP contribution is -2.34. The Labute approximate surface area is 264 Å². The molecule has 0 aliphatic heterocycles. The second-order valence-electron chi connectivity index (χ2n) is 12.7. The van der Waals surface area contributed by atoms with Crippen molar-refractivity contribution in [1.29, 1.82) is 0 Å². The van der Waals surface area contributed by atoms with Gasteiger partial charge in [0.2, 0.25) is 0 Å². The predicted molar refractivity (Wildman–Crippen MR) is 164 cm³/mol. The Balaban J connectivity index is 1.43. The highest BCUT2D eigenvalue weighted by Crippen LogP contribution is 2.42. The summed E-state index contributed by atoms with van der Waals surface area (Å²) in [6, 6.07) is 11.1. The summed E-state index contributed by atoms with van der Waals surface area (Å²) in [7, 11) is 0. The van der Waals surface area contributed by atoms with Crippen molar-refractivity contribution in [1.82, 2.24) is 15.1 Å². The number of alkyl halides is 3. The fourth-order valence-corrected chi connectivity index (χ4v) is 4.99. The topological polar surface area (TPSA) is 147 Å². The molecule has 0 unspecified atom stereocenters. The van der Waals surface area contributed by atoms with Crippen LogP contribution in [-0.2, 0) is 22.1 Å². The number of carbonyl (C=O) groups is 3. The molecule has 46 heavy (non-hydrogen) atoms. The summed E-state index contributed by atoms with van der Waals surface area (Å²) >= 11 is 0. The molecule has 1 aliphatic carbocycles. The van der Waals surface area contributed by atoms with Crippen molar-refractivity contribution in [2.24, 2.45) is 11.1 Å². The van der Waals surface area contributed by atoms with E-state index < -0.39 is 46.2 Å². The van der Waals surface area contributed by atoms with E-state index in [0.29, 0.717) is 11.4 Å². The van der Waals surface area contributed by atoms with Gasteiger partial charge in [-0.2, -0.15) is 18.3 Å². The summed E-state index contributed by atoms with van der Waals surface area (Å²) in [5, 5.41) is 9.52. The van der Waals surface area contributed by atoms with E-state index in [1.54, 1.807) is 45.0 Å². The third-order valence-corrected chi connectivity index (χ3v) is 6.87. The van der Waals surface area contributed by atoms with Crippen molar-refractivity contribution in [2.75, 3.05) is 31.7 Å². The molecule has 11 nitrogen and oxygen atoms in total. The minimum atomic E-state index is -4.82. The zero-order chi connectivity index (χ0) is 33.9. The van der Waals surface area contributed by atoms with Gasteiger partial charge in [0.25, 0.3) is 5.91 Å². The summed E-state index contributed by atoms with van der Waals surface area (Å²) in [6.45, 7) is 10.0. The number of hydrogen-bond donors (Lipinski definition) is 3. The standard InChI is InChI=1S/C32H38F3N5O6/c1-30(2,3)46-29(43)37-12-13-44-14-15-45-21-9-6-19(7-10-21)38-23-16-20(8-11-22(23)28(36)42)40-24-17-31(4,5)18-25(41)26(24)27(39-40)32(33,34)35/h6-11,16,38H,12-15,17-18H2,1-5H3,(H2,36,42)(H,37,43). The first-order chi connectivity index (χ1) is 21.4. The highest BCUT2D eigenvalue weighted by molar-refractivity contribution is 6.01. The Bertz CT molecular complexity index is 1590. The molecule has 0 bridgehead atoms. The first-order valence-corrected chi connectivity index (χ1v) is 14.6. The van der Waals surface area contributed by atoms with Crippen LogP contribution in [-0.4, -0.2) is 59.5 Å². The summed E-state index contributed by atoms with van der Waals surface area (Å²) in [4.78, 5) is 36.7. The number of ether oxygens (including phenoxy) is 3. The summed E-state index contributed by atoms with van der Waals surface area (Å²) in [5.41, 5.74) is 4.09. The number of halogens is 3. The van der Waals surface area contributed by atoms with Gasteiger partial charge < -0.3 is 30.6 Å². The molecule has 1 aliphatic rings. The molecule has 4 N–H and O–H groups in total. The van der Waals surface area contributed by atoms with Gasteiger partial charge in [0.1, 0.15) is 18.0 Å². The van der Waals surface area contributed by atoms with Crippen LogP contribution in [0, 0.1) is 5.41 Å². The van der Waals surface area contributed by atoms with Gasteiger partial charge in [-0.15, -0.1) is 0 Å². The van der Waals surface area contributed by atoms with Crippen LogP contribution < -0.4 is 21.1 Å². The first kappa shape index (κ1) is 34.3.